The highest BCUT2D eigenvalue weighted by molar-refractivity contribution is 7.09. The second kappa shape index (κ2) is 7.19. The van der Waals surface area contributed by atoms with Crippen molar-refractivity contribution >= 4 is 23.2 Å². The Morgan fingerprint density at radius 3 is 3.00 bits per heavy atom. The summed E-state index contributed by atoms with van der Waals surface area (Å²) in [6.07, 6.45) is 3.81. The van der Waals surface area contributed by atoms with Gasteiger partial charge in [0.1, 0.15) is 5.01 Å². The van der Waals surface area contributed by atoms with E-state index in [0.717, 1.165) is 25.7 Å². The largest absolute Gasteiger partial charge is 0.461 e. The van der Waals surface area contributed by atoms with Crippen LogP contribution < -0.4 is 11.1 Å². The Hall–Kier alpha value is -1.47. The maximum Gasteiger partial charge on any atom is 0.357 e. The van der Waals surface area contributed by atoms with Crippen molar-refractivity contribution in [3.8, 4) is 0 Å². The summed E-state index contributed by atoms with van der Waals surface area (Å²) >= 11 is 1.33. The zero-order valence-corrected chi connectivity index (χ0v) is 13.9. The fourth-order valence-electron chi connectivity index (χ4n) is 2.77. The zero-order chi connectivity index (χ0) is 16.2. The first-order chi connectivity index (χ1) is 10.4. The molecule has 1 fully saturated rings. The molecule has 1 heterocycles. The molecule has 2 atom stereocenters. The molecule has 0 saturated heterocycles. The maximum absolute atomic E-state index is 12.3. The van der Waals surface area contributed by atoms with Gasteiger partial charge >= 0.3 is 5.97 Å². The van der Waals surface area contributed by atoms with Crippen molar-refractivity contribution in [1.29, 1.82) is 0 Å². The average Bonchev–Trinajstić information content (AvgIpc) is 2.93. The molecule has 0 spiro atoms. The summed E-state index contributed by atoms with van der Waals surface area (Å²) in [5, 5.41) is 5.22. The van der Waals surface area contributed by atoms with Crippen molar-refractivity contribution in [1.82, 2.24) is 10.3 Å². The van der Waals surface area contributed by atoms with Crippen molar-refractivity contribution in [3.63, 3.8) is 0 Å². The molecule has 0 radical (unpaired) electrons. The van der Waals surface area contributed by atoms with Crippen LogP contribution in [-0.4, -0.2) is 29.0 Å². The predicted octanol–water partition coefficient (Wildman–Crippen LogP) is 1.84. The van der Waals surface area contributed by atoms with Crippen LogP contribution in [0.15, 0.2) is 5.38 Å². The minimum atomic E-state index is -0.443. The molecule has 1 amide bonds. The lowest BCUT2D eigenvalue weighted by Crippen LogP contribution is -2.52. The van der Waals surface area contributed by atoms with Crippen LogP contribution in [0.5, 0.6) is 0 Å². The molecule has 0 aromatic carbocycles. The molecular weight excluding hydrogens is 302 g/mol. The number of amides is 1. The third kappa shape index (κ3) is 4.04. The Morgan fingerprint density at radius 2 is 2.32 bits per heavy atom. The van der Waals surface area contributed by atoms with Gasteiger partial charge in [0.2, 0.25) is 5.91 Å². The van der Waals surface area contributed by atoms with Gasteiger partial charge in [0.25, 0.3) is 0 Å². The molecular formula is C15H23N3O3S. The van der Waals surface area contributed by atoms with Crippen LogP contribution in [0.25, 0.3) is 0 Å². The molecule has 0 aliphatic heterocycles. The minimum Gasteiger partial charge on any atom is -0.461 e. The second-order valence-electron chi connectivity index (χ2n) is 5.87. The van der Waals surface area contributed by atoms with Crippen LogP contribution in [-0.2, 0) is 16.1 Å². The highest BCUT2D eigenvalue weighted by atomic mass is 32.1. The van der Waals surface area contributed by atoms with Gasteiger partial charge in [-0.15, -0.1) is 11.3 Å². The van der Waals surface area contributed by atoms with Crippen LogP contribution in [0.4, 0.5) is 0 Å². The lowest BCUT2D eigenvalue weighted by Gasteiger charge is -2.37. The number of nitrogens with zero attached hydrogens (tertiary/aromatic N) is 1. The molecule has 1 aromatic rings. The molecule has 3 N–H and O–H groups in total. The molecule has 6 nitrogen and oxygen atoms in total. The maximum atomic E-state index is 12.3. The summed E-state index contributed by atoms with van der Waals surface area (Å²) in [5.41, 5.74) is 6.08. The first kappa shape index (κ1) is 16.9. The van der Waals surface area contributed by atoms with Gasteiger partial charge in [-0.2, -0.15) is 0 Å². The number of esters is 1. The van der Waals surface area contributed by atoms with E-state index in [1.807, 2.05) is 6.92 Å². The normalized spacial score (nSPS) is 24.8. The number of carbonyl (C=O) groups excluding carboxylic acids is 2. The number of hydrogen-bond acceptors (Lipinski definition) is 6. The Bertz CT molecular complexity index is 542. The van der Waals surface area contributed by atoms with E-state index in [0.29, 0.717) is 18.2 Å². The van der Waals surface area contributed by atoms with Crippen molar-refractivity contribution < 1.29 is 14.3 Å². The summed E-state index contributed by atoms with van der Waals surface area (Å²) in [6, 6.07) is 0. The molecule has 1 aliphatic carbocycles. The summed E-state index contributed by atoms with van der Waals surface area (Å²) in [4.78, 5) is 28.1. The number of nitrogens with one attached hydrogen (secondary N) is 1. The highest BCUT2D eigenvalue weighted by Gasteiger charge is 2.37. The molecule has 0 bridgehead atoms. The van der Waals surface area contributed by atoms with E-state index in [4.69, 9.17) is 10.5 Å². The molecule has 1 aromatic heterocycles. The van der Waals surface area contributed by atoms with Crippen LogP contribution in [0.1, 0.15) is 55.0 Å². The van der Waals surface area contributed by atoms with Gasteiger partial charge in [-0.3, -0.25) is 4.79 Å². The van der Waals surface area contributed by atoms with Gasteiger partial charge in [-0.05, 0) is 26.7 Å². The number of thiazole rings is 1. The Kier molecular flexibility index (Phi) is 5.52. The predicted molar refractivity (Wildman–Crippen MR) is 84.5 cm³/mol. The molecule has 1 aliphatic rings. The van der Waals surface area contributed by atoms with Crippen LogP contribution in [0.2, 0.25) is 0 Å². The third-order valence-corrected chi connectivity index (χ3v) is 4.87. The van der Waals surface area contributed by atoms with E-state index >= 15 is 0 Å². The Labute approximate surface area is 134 Å². The summed E-state index contributed by atoms with van der Waals surface area (Å²) in [6.45, 7) is 4.33. The summed E-state index contributed by atoms with van der Waals surface area (Å²) in [7, 11) is 0. The summed E-state index contributed by atoms with van der Waals surface area (Å²) in [5.74, 6) is -0.624. The molecule has 22 heavy (non-hydrogen) atoms. The first-order valence-corrected chi connectivity index (χ1v) is 8.50. The number of ether oxygens (including phenoxy) is 1. The number of hydrogen-bond donors (Lipinski definition) is 2. The van der Waals surface area contributed by atoms with Crippen LogP contribution in [0, 0.1) is 5.92 Å². The molecule has 7 heteroatoms. The Morgan fingerprint density at radius 1 is 1.55 bits per heavy atom. The lowest BCUT2D eigenvalue weighted by molar-refractivity contribution is -0.128. The van der Waals surface area contributed by atoms with E-state index in [-0.39, 0.29) is 17.5 Å². The van der Waals surface area contributed by atoms with Crippen molar-refractivity contribution in [2.45, 2.75) is 51.6 Å². The molecule has 2 unspecified atom stereocenters. The van der Waals surface area contributed by atoms with E-state index in [1.165, 1.54) is 11.3 Å². The van der Waals surface area contributed by atoms with Crippen molar-refractivity contribution in [2.75, 3.05) is 6.61 Å². The number of carbonyl (C=O) groups is 2. The molecule has 1 saturated carbocycles. The number of rotatable bonds is 5. The topological polar surface area (TPSA) is 94.3 Å². The third-order valence-electron chi connectivity index (χ3n) is 4.02. The zero-order valence-electron chi connectivity index (χ0n) is 13.1. The van der Waals surface area contributed by atoms with E-state index in [9.17, 15) is 9.59 Å². The van der Waals surface area contributed by atoms with E-state index in [2.05, 4.69) is 10.3 Å². The number of aromatic nitrogens is 1. The standard InChI is InChI=1S/C15H23N3O3S/c1-3-21-14(20)11-9-22-12(18-11)8-17-13(19)10-6-4-5-7-15(10,2)16/h9-10H,3-8,16H2,1-2H3,(H,17,19). The van der Waals surface area contributed by atoms with Gasteiger partial charge in [0.05, 0.1) is 19.1 Å². The van der Waals surface area contributed by atoms with Crippen molar-refractivity contribution in [3.05, 3.63) is 16.1 Å². The van der Waals surface area contributed by atoms with Gasteiger partial charge in [-0.1, -0.05) is 12.8 Å². The SMILES string of the molecule is CCOC(=O)c1csc(CNC(=O)C2CCCCC2(C)N)n1. The number of nitrogens with two attached hydrogens (primary N) is 1. The summed E-state index contributed by atoms with van der Waals surface area (Å²) < 4.78 is 4.89. The van der Waals surface area contributed by atoms with E-state index < -0.39 is 11.5 Å². The quantitative estimate of drug-likeness (QED) is 0.806. The molecule has 122 valence electrons. The van der Waals surface area contributed by atoms with Crippen molar-refractivity contribution in [2.24, 2.45) is 11.7 Å². The minimum absolute atomic E-state index is 0.0300. The molecule has 2 rings (SSSR count). The first-order valence-electron chi connectivity index (χ1n) is 7.62. The average molecular weight is 325 g/mol. The second-order valence-corrected chi connectivity index (χ2v) is 6.81. The van der Waals surface area contributed by atoms with Gasteiger partial charge in [-0.25, -0.2) is 9.78 Å². The van der Waals surface area contributed by atoms with Gasteiger partial charge in [0, 0.05) is 10.9 Å². The highest BCUT2D eigenvalue weighted by Crippen LogP contribution is 2.31. The Balaban J connectivity index is 1.90. The monoisotopic (exact) mass is 325 g/mol. The fraction of sp³-hybridized carbons (Fsp3) is 0.667. The smallest absolute Gasteiger partial charge is 0.357 e. The fourth-order valence-corrected chi connectivity index (χ4v) is 3.47. The van der Waals surface area contributed by atoms with Crippen LogP contribution >= 0.6 is 11.3 Å². The lowest BCUT2D eigenvalue weighted by atomic mass is 9.74. The van der Waals surface area contributed by atoms with Crippen LogP contribution in [0.3, 0.4) is 0 Å². The van der Waals surface area contributed by atoms with Gasteiger partial charge < -0.3 is 15.8 Å². The van der Waals surface area contributed by atoms with E-state index in [1.54, 1.807) is 12.3 Å². The van der Waals surface area contributed by atoms with Gasteiger partial charge in [0.15, 0.2) is 5.69 Å².